The van der Waals surface area contributed by atoms with Crippen LogP contribution in [0.3, 0.4) is 0 Å². The van der Waals surface area contributed by atoms with Crippen LogP contribution >= 0.6 is 46.4 Å². The molecular weight excluding hydrogens is 394 g/mol. The lowest BCUT2D eigenvalue weighted by molar-refractivity contribution is 0.382. The zero-order chi connectivity index (χ0) is 17.0. The van der Waals surface area contributed by atoms with E-state index in [1.54, 1.807) is 36.4 Å². The minimum atomic E-state index is -2.58. The molecule has 0 radical (unpaired) electrons. The molecule has 0 aliphatic heterocycles. The second-order valence-electron chi connectivity index (χ2n) is 4.97. The second kappa shape index (κ2) is 7.99. The maximum atomic E-state index is 6.22. The van der Waals surface area contributed by atoms with Crippen molar-refractivity contribution in [2.24, 2.45) is 0 Å². The fourth-order valence-electron chi connectivity index (χ4n) is 2.08. The summed E-state index contributed by atoms with van der Waals surface area (Å²) in [6.45, 7) is 4.06. The molecule has 0 fully saturated rings. The van der Waals surface area contributed by atoms with Gasteiger partial charge in [-0.2, -0.15) is 0 Å². The van der Waals surface area contributed by atoms with Gasteiger partial charge < -0.3 is 8.85 Å². The molecule has 0 unspecified atom stereocenters. The molecule has 0 atom stereocenters. The summed E-state index contributed by atoms with van der Waals surface area (Å²) in [6, 6.07) is 11.8. The second-order valence-corrected chi connectivity index (χ2v) is 10.3. The molecule has 0 saturated carbocycles. The standard InChI is InChI=1S/C16H16Cl4O2Si/c1-3-23(4-2,21-15-7-5-11(17)9-13(15)19)22-16-8-6-12(18)10-14(16)20/h5-10H,3-4H2,1-2H3. The summed E-state index contributed by atoms with van der Waals surface area (Å²) >= 11 is 24.3. The van der Waals surface area contributed by atoms with Crippen LogP contribution < -0.4 is 8.85 Å². The lowest BCUT2D eigenvalue weighted by Gasteiger charge is -2.30. The largest absolute Gasteiger partial charge is 0.510 e. The molecular formula is C16H16Cl4O2Si. The van der Waals surface area contributed by atoms with Gasteiger partial charge in [0, 0.05) is 22.1 Å². The lowest BCUT2D eigenvalue weighted by Crippen LogP contribution is -2.47. The fourth-order valence-corrected chi connectivity index (χ4v) is 5.38. The molecule has 0 aliphatic rings. The van der Waals surface area contributed by atoms with E-state index in [2.05, 4.69) is 0 Å². The SMILES string of the molecule is CC[Si](CC)(Oc1ccc(Cl)cc1Cl)Oc1ccc(Cl)cc1Cl. The topological polar surface area (TPSA) is 18.5 Å². The predicted octanol–water partition coefficient (Wildman–Crippen LogP) is 7.24. The monoisotopic (exact) mass is 408 g/mol. The molecule has 0 aromatic heterocycles. The van der Waals surface area contributed by atoms with Crippen LogP contribution in [0.1, 0.15) is 13.8 Å². The highest BCUT2D eigenvalue weighted by atomic mass is 35.5. The summed E-state index contributed by atoms with van der Waals surface area (Å²) in [4.78, 5) is 0. The van der Waals surface area contributed by atoms with E-state index < -0.39 is 8.56 Å². The van der Waals surface area contributed by atoms with Gasteiger partial charge in [0.2, 0.25) is 0 Å². The van der Waals surface area contributed by atoms with Crippen molar-refractivity contribution >= 4 is 55.0 Å². The van der Waals surface area contributed by atoms with Gasteiger partial charge >= 0.3 is 8.56 Å². The van der Waals surface area contributed by atoms with Crippen molar-refractivity contribution in [2.75, 3.05) is 0 Å². The van der Waals surface area contributed by atoms with E-state index in [9.17, 15) is 0 Å². The van der Waals surface area contributed by atoms with Crippen molar-refractivity contribution in [1.29, 1.82) is 0 Å². The average Bonchev–Trinajstić information content (AvgIpc) is 2.51. The number of hydrogen-bond acceptors (Lipinski definition) is 2. The Morgan fingerprint density at radius 1 is 0.739 bits per heavy atom. The molecule has 7 heteroatoms. The summed E-state index contributed by atoms with van der Waals surface area (Å²) in [5.74, 6) is 1.13. The number of benzene rings is 2. The maximum Gasteiger partial charge on any atom is 0.459 e. The molecule has 0 aliphatic carbocycles. The summed E-state index contributed by atoms with van der Waals surface area (Å²) in [5.41, 5.74) is 0. The van der Waals surface area contributed by atoms with Crippen molar-refractivity contribution in [3.8, 4) is 11.5 Å². The van der Waals surface area contributed by atoms with Crippen LogP contribution in [-0.2, 0) is 0 Å². The van der Waals surface area contributed by atoms with Gasteiger partial charge in [0.05, 0.1) is 10.0 Å². The summed E-state index contributed by atoms with van der Waals surface area (Å²) < 4.78 is 12.4. The molecule has 0 bridgehead atoms. The molecule has 2 aromatic carbocycles. The molecule has 23 heavy (non-hydrogen) atoms. The van der Waals surface area contributed by atoms with Crippen LogP contribution in [0.15, 0.2) is 36.4 Å². The highest BCUT2D eigenvalue weighted by Gasteiger charge is 2.39. The maximum absolute atomic E-state index is 6.22. The first kappa shape index (κ1) is 18.8. The molecule has 0 spiro atoms. The van der Waals surface area contributed by atoms with Gasteiger partial charge in [-0.3, -0.25) is 0 Å². The molecule has 2 aromatic rings. The van der Waals surface area contributed by atoms with Crippen molar-refractivity contribution in [3.63, 3.8) is 0 Å². The molecule has 0 N–H and O–H groups in total. The molecule has 2 rings (SSSR count). The van der Waals surface area contributed by atoms with E-state index in [1.807, 2.05) is 13.8 Å². The predicted molar refractivity (Wildman–Crippen MR) is 101 cm³/mol. The molecule has 0 heterocycles. The number of rotatable bonds is 6. The molecule has 2 nitrogen and oxygen atoms in total. The molecule has 0 amide bonds. The zero-order valence-electron chi connectivity index (χ0n) is 12.7. The van der Waals surface area contributed by atoms with Gasteiger partial charge in [-0.05, 0) is 36.4 Å². The van der Waals surface area contributed by atoms with Crippen LogP contribution in [-0.4, -0.2) is 8.56 Å². The van der Waals surface area contributed by atoms with Crippen LogP contribution in [0, 0.1) is 0 Å². The fraction of sp³-hybridized carbons (Fsp3) is 0.250. The Kier molecular flexibility index (Phi) is 6.52. The van der Waals surface area contributed by atoms with Crippen molar-refractivity contribution in [2.45, 2.75) is 25.9 Å². The van der Waals surface area contributed by atoms with E-state index in [0.717, 1.165) is 12.1 Å². The Morgan fingerprint density at radius 2 is 1.13 bits per heavy atom. The van der Waals surface area contributed by atoms with Gasteiger partial charge in [-0.15, -0.1) is 0 Å². The third-order valence-corrected chi connectivity index (χ3v) is 7.86. The smallest absolute Gasteiger partial charge is 0.459 e. The lowest BCUT2D eigenvalue weighted by atomic mass is 10.3. The highest BCUT2D eigenvalue weighted by molar-refractivity contribution is 6.69. The number of hydrogen-bond donors (Lipinski definition) is 0. The van der Waals surface area contributed by atoms with E-state index in [1.165, 1.54) is 0 Å². The van der Waals surface area contributed by atoms with Gasteiger partial charge in [0.1, 0.15) is 11.5 Å². The van der Waals surface area contributed by atoms with Crippen molar-refractivity contribution in [1.82, 2.24) is 0 Å². The van der Waals surface area contributed by atoms with Crippen LogP contribution in [0.5, 0.6) is 11.5 Å². The van der Waals surface area contributed by atoms with E-state index in [4.69, 9.17) is 55.3 Å². The molecule has 0 saturated heterocycles. The van der Waals surface area contributed by atoms with Gasteiger partial charge in [0.25, 0.3) is 0 Å². The van der Waals surface area contributed by atoms with E-state index in [-0.39, 0.29) is 0 Å². The minimum absolute atomic E-state index is 0.460. The molecule has 124 valence electrons. The van der Waals surface area contributed by atoms with Crippen LogP contribution in [0.25, 0.3) is 0 Å². The van der Waals surface area contributed by atoms with Gasteiger partial charge in [-0.25, -0.2) is 0 Å². The Balaban J connectivity index is 2.31. The third kappa shape index (κ3) is 4.71. The van der Waals surface area contributed by atoms with Crippen LogP contribution in [0.4, 0.5) is 0 Å². The Morgan fingerprint density at radius 3 is 1.43 bits per heavy atom. The van der Waals surface area contributed by atoms with Gasteiger partial charge in [-0.1, -0.05) is 60.3 Å². The zero-order valence-corrected chi connectivity index (χ0v) is 16.7. The first-order chi connectivity index (χ1) is 10.9. The van der Waals surface area contributed by atoms with E-state index in [0.29, 0.717) is 31.6 Å². The Hall–Kier alpha value is -0.583. The summed E-state index contributed by atoms with van der Waals surface area (Å²) in [7, 11) is -2.58. The van der Waals surface area contributed by atoms with E-state index >= 15 is 0 Å². The quantitative estimate of drug-likeness (QED) is 0.468. The summed E-state index contributed by atoms with van der Waals surface area (Å²) in [5, 5.41) is 2.04. The van der Waals surface area contributed by atoms with Crippen molar-refractivity contribution < 1.29 is 8.85 Å². The number of halogens is 4. The van der Waals surface area contributed by atoms with Crippen molar-refractivity contribution in [3.05, 3.63) is 56.5 Å². The normalized spacial score (nSPS) is 11.4. The third-order valence-electron chi connectivity index (χ3n) is 3.46. The first-order valence-electron chi connectivity index (χ1n) is 7.17. The highest BCUT2D eigenvalue weighted by Crippen LogP contribution is 2.35. The summed E-state index contributed by atoms with van der Waals surface area (Å²) in [6.07, 6.45) is 0. The minimum Gasteiger partial charge on any atom is -0.510 e. The van der Waals surface area contributed by atoms with Gasteiger partial charge in [0.15, 0.2) is 0 Å². The average molecular weight is 410 g/mol. The van der Waals surface area contributed by atoms with Crippen LogP contribution in [0.2, 0.25) is 32.2 Å². The first-order valence-corrected chi connectivity index (χ1v) is 10.9. The Labute approximate surface area is 157 Å². The Bertz CT molecular complexity index is 634.